The van der Waals surface area contributed by atoms with Gasteiger partial charge in [-0.05, 0) is 60.4 Å². The molecule has 3 heteroatoms. The lowest BCUT2D eigenvalue weighted by Gasteiger charge is -2.11. The van der Waals surface area contributed by atoms with E-state index in [0.717, 1.165) is 22.3 Å². The molecule has 0 spiro atoms. The summed E-state index contributed by atoms with van der Waals surface area (Å²) in [5.41, 5.74) is 3.60. The predicted molar refractivity (Wildman–Crippen MR) is 71.3 cm³/mol. The minimum atomic E-state index is -0.263. The molecule has 2 aromatic rings. The first kappa shape index (κ1) is 12.4. The topological polar surface area (TPSA) is 0 Å². The Morgan fingerprint density at radius 3 is 2.35 bits per heavy atom. The number of hydrogen-bond donors (Lipinski definition) is 0. The minimum absolute atomic E-state index is 0.263. The maximum absolute atomic E-state index is 13.3. The van der Waals surface area contributed by atoms with E-state index in [4.69, 9.17) is 23.2 Å². The van der Waals surface area contributed by atoms with Crippen LogP contribution in [0.4, 0.5) is 4.39 Å². The minimum Gasteiger partial charge on any atom is -0.207 e. The summed E-state index contributed by atoms with van der Waals surface area (Å²) in [6, 6.07) is 8.20. The van der Waals surface area contributed by atoms with Gasteiger partial charge in [0.25, 0.3) is 0 Å². The first-order valence-electron chi connectivity index (χ1n) is 5.21. The van der Waals surface area contributed by atoms with Crippen LogP contribution in [0.5, 0.6) is 0 Å². The summed E-state index contributed by atoms with van der Waals surface area (Å²) in [7, 11) is 0. The second-order valence-corrected chi connectivity index (χ2v) is 4.86. The summed E-state index contributed by atoms with van der Waals surface area (Å²) >= 11 is 12.1. The fourth-order valence-corrected chi connectivity index (χ4v) is 2.30. The van der Waals surface area contributed by atoms with E-state index < -0.39 is 0 Å². The highest BCUT2D eigenvalue weighted by Crippen LogP contribution is 2.34. The monoisotopic (exact) mass is 268 g/mol. The van der Waals surface area contributed by atoms with Crippen molar-refractivity contribution in [3.63, 3.8) is 0 Å². The van der Waals surface area contributed by atoms with Crippen LogP contribution in [0.15, 0.2) is 30.3 Å². The summed E-state index contributed by atoms with van der Waals surface area (Å²) in [6.45, 7) is 3.83. The Morgan fingerprint density at radius 2 is 1.65 bits per heavy atom. The normalized spacial score (nSPS) is 10.6. The summed E-state index contributed by atoms with van der Waals surface area (Å²) in [4.78, 5) is 0. The third-order valence-corrected chi connectivity index (χ3v) is 3.41. The predicted octanol–water partition coefficient (Wildman–Crippen LogP) is 5.42. The molecule has 0 unspecified atom stereocenters. The molecule has 0 nitrogen and oxygen atoms in total. The molecule has 0 aromatic heterocycles. The van der Waals surface area contributed by atoms with Crippen molar-refractivity contribution in [2.75, 3.05) is 0 Å². The lowest BCUT2D eigenvalue weighted by molar-refractivity contribution is 0.628. The van der Waals surface area contributed by atoms with Gasteiger partial charge in [0, 0.05) is 10.0 Å². The molecule has 2 aromatic carbocycles. The van der Waals surface area contributed by atoms with Crippen LogP contribution >= 0.6 is 23.2 Å². The Morgan fingerprint density at radius 1 is 0.941 bits per heavy atom. The summed E-state index contributed by atoms with van der Waals surface area (Å²) < 4.78 is 13.3. The van der Waals surface area contributed by atoms with Crippen molar-refractivity contribution < 1.29 is 4.39 Å². The molecular formula is C14H11Cl2F. The quantitative estimate of drug-likeness (QED) is 0.648. The summed E-state index contributed by atoms with van der Waals surface area (Å²) in [5.74, 6) is -0.263. The zero-order chi connectivity index (χ0) is 12.6. The largest absolute Gasteiger partial charge is 0.207 e. The van der Waals surface area contributed by atoms with Crippen LogP contribution < -0.4 is 0 Å². The lowest BCUT2D eigenvalue weighted by atomic mass is 9.96. The molecule has 17 heavy (non-hydrogen) atoms. The van der Waals surface area contributed by atoms with Crippen molar-refractivity contribution in [1.29, 1.82) is 0 Å². The highest BCUT2D eigenvalue weighted by atomic mass is 35.5. The van der Waals surface area contributed by atoms with E-state index in [9.17, 15) is 4.39 Å². The van der Waals surface area contributed by atoms with Crippen LogP contribution in [0.3, 0.4) is 0 Å². The van der Waals surface area contributed by atoms with Crippen LogP contribution in [-0.2, 0) is 0 Å². The second kappa shape index (κ2) is 4.67. The standard InChI is InChI=1S/C14H11Cl2F/c1-8-3-4-11(17)7-12(8)13-5-10(15)6-14(16)9(13)2/h3-7H,1-2H3. The maximum Gasteiger partial charge on any atom is 0.123 e. The van der Waals surface area contributed by atoms with Crippen LogP contribution in [0.1, 0.15) is 11.1 Å². The second-order valence-electron chi connectivity index (χ2n) is 4.02. The molecule has 0 aliphatic carbocycles. The van der Waals surface area contributed by atoms with Crippen molar-refractivity contribution in [2.45, 2.75) is 13.8 Å². The van der Waals surface area contributed by atoms with E-state index in [-0.39, 0.29) is 5.82 Å². The molecule has 0 amide bonds. The zero-order valence-electron chi connectivity index (χ0n) is 9.52. The third-order valence-electron chi connectivity index (χ3n) is 2.80. The Balaban J connectivity index is 2.72. The van der Waals surface area contributed by atoms with Crippen molar-refractivity contribution in [2.24, 2.45) is 0 Å². The fraction of sp³-hybridized carbons (Fsp3) is 0.143. The average molecular weight is 269 g/mol. The summed E-state index contributed by atoms with van der Waals surface area (Å²) in [6.07, 6.45) is 0. The van der Waals surface area contributed by atoms with Gasteiger partial charge in [-0.1, -0.05) is 29.3 Å². The van der Waals surface area contributed by atoms with E-state index in [0.29, 0.717) is 10.0 Å². The molecule has 0 saturated heterocycles. The van der Waals surface area contributed by atoms with Crippen LogP contribution in [-0.4, -0.2) is 0 Å². The third kappa shape index (κ3) is 2.46. The van der Waals surface area contributed by atoms with E-state index in [1.807, 2.05) is 19.9 Å². The highest BCUT2D eigenvalue weighted by Gasteiger charge is 2.10. The van der Waals surface area contributed by atoms with E-state index in [1.165, 1.54) is 12.1 Å². The van der Waals surface area contributed by atoms with Gasteiger partial charge in [-0.15, -0.1) is 0 Å². The molecule has 0 saturated carbocycles. The fourth-order valence-electron chi connectivity index (χ4n) is 1.81. The molecule has 0 aliphatic rings. The number of hydrogen-bond acceptors (Lipinski definition) is 0. The van der Waals surface area contributed by atoms with Gasteiger partial charge in [0.1, 0.15) is 5.82 Å². The Labute approximate surface area is 110 Å². The SMILES string of the molecule is Cc1ccc(F)cc1-c1cc(Cl)cc(Cl)c1C. The molecular weight excluding hydrogens is 258 g/mol. The van der Waals surface area contributed by atoms with Gasteiger partial charge in [-0.25, -0.2) is 4.39 Å². The molecule has 0 bridgehead atoms. The Hall–Kier alpha value is -1.05. The van der Waals surface area contributed by atoms with Gasteiger partial charge in [-0.3, -0.25) is 0 Å². The first-order valence-corrected chi connectivity index (χ1v) is 5.97. The lowest BCUT2D eigenvalue weighted by Crippen LogP contribution is -1.89. The van der Waals surface area contributed by atoms with Crippen molar-refractivity contribution in [3.8, 4) is 11.1 Å². The van der Waals surface area contributed by atoms with Crippen LogP contribution in [0.25, 0.3) is 11.1 Å². The van der Waals surface area contributed by atoms with Gasteiger partial charge >= 0.3 is 0 Å². The Bertz CT molecular complexity index is 577. The molecule has 0 radical (unpaired) electrons. The first-order chi connectivity index (χ1) is 7.99. The number of halogens is 3. The van der Waals surface area contributed by atoms with Gasteiger partial charge in [-0.2, -0.15) is 0 Å². The molecule has 0 atom stereocenters. The molecule has 0 N–H and O–H groups in total. The van der Waals surface area contributed by atoms with Gasteiger partial charge in [0.2, 0.25) is 0 Å². The smallest absolute Gasteiger partial charge is 0.123 e. The molecule has 0 aliphatic heterocycles. The Kier molecular flexibility index (Phi) is 3.41. The van der Waals surface area contributed by atoms with Gasteiger partial charge in [0.15, 0.2) is 0 Å². The molecule has 88 valence electrons. The maximum atomic E-state index is 13.3. The summed E-state index contributed by atoms with van der Waals surface area (Å²) in [5, 5.41) is 1.15. The number of rotatable bonds is 1. The van der Waals surface area contributed by atoms with E-state index in [1.54, 1.807) is 12.1 Å². The van der Waals surface area contributed by atoms with Crippen LogP contribution in [0.2, 0.25) is 10.0 Å². The molecule has 2 rings (SSSR count). The van der Waals surface area contributed by atoms with Gasteiger partial charge < -0.3 is 0 Å². The van der Waals surface area contributed by atoms with Crippen LogP contribution in [0, 0.1) is 19.7 Å². The molecule has 0 fully saturated rings. The van der Waals surface area contributed by atoms with Crippen molar-refractivity contribution in [3.05, 3.63) is 57.3 Å². The van der Waals surface area contributed by atoms with E-state index in [2.05, 4.69) is 0 Å². The van der Waals surface area contributed by atoms with Crippen molar-refractivity contribution in [1.82, 2.24) is 0 Å². The van der Waals surface area contributed by atoms with E-state index >= 15 is 0 Å². The number of benzene rings is 2. The zero-order valence-corrected chi connectivity index (χ0v) is 11.0. The molecule has 0 heterocycles. The van der Waals surface area contributed by atoms with Crippen molar-refractivity contribution >= 4 is 23.2 Å². The average Bonchev–Trinajstić information content (AvgIpc) is 2.27. The number of aryl methyl sites for hydroxylation is 1. The highest BCUT2D eigenvalue weighted by molar-refractivity contribution is 6.35. The van der Waals surface area contributed by atoms with Gasteiger partial charge in [0.05, 0.1) is 0 Å².